The van der Waals surface area contributed by atoms with Gasteiger partial charge in [-0.3, -0.25) is 0 Å². The third-order valence-electron chi connectivity index (χ3n) is 4.27. The lowest BCUT2D eigenvalue weighted by Gasteiger charge is -2.19. The second-order valence-electron chi connectivity index (χ2n) is 7.72. The molecule has 0 radical (unpaired) electrons. The van der Waals surface area contributed by atoms with Gasteiger partial charge in [0.2, 0.25) is 0 Å². The van der Waals surface area contributed by atoms with Crippen LogP contribution in [-0.4, -0.2) is 42.9 Å². The largest absolute Gasteiger partial charge is 0.491 e. The molecule has 1 amide bonds. The summed E-state index contributed by atoms with van der Waals surface area (Å²) >= 11 is 0. The Kier molecular flexibility index (Phi) is 6.30. The van der Waals surface area contributed by atoms with E-state index in [0.29, 0.717) is 11.4 Å². The molecule has 0 saturated carbocycles. The molecule has 0 bridgehead atoms. The van der Waals surface area contributed by atoms with Gasteiger partial charge in [-0.2, -0.15) is 0 Å². The summed E-state index contributed by atoms with van der Waals surface area (Å²) in [6.07, 6.45) is -0.495. The van der Waals surface area contributed by atoms with Gasteiger partial charge in [-0.1, -0.05) is 30.3 Å². The second-order valence-corrected chi connectivity index (χ2v) is 7.72. The molecule has 0 spiro atoms. The van der Waals surface area contributed by atoms with Crippen molar-refractivity contribution in [3.05, 3.63) is 54.2 Å². The molecular weight excluding hydrogens is 384 g/mol. The average Bonchev–Trinajstić information content (AvgIpc) is 3.15. The molecule has 30 heavy (non-hydrogen) atoms. The number of H-pyrrole nitrogens is 1. The van der Waals surface area contributed by atoms with Crippen molar-refractivity contribution in [3.8, 4) is 16.9 Å². The number of fused-ring (bicyclic) bond motifs is 1. The minimum atomic E-state index is -0.556. The lowest BCUT2D eigenvalue weighted by molar-refractivity contribution is 0.0519. The van der Waals surface area contributed by atoms with Gasteiger partial charge in [0.05, 0.1) is 19.2 Å². The fraction of sp³-hybridized carbons (Fsp3) is 0.304. The minimum Gasteiger partial charge on any atom is -0.491 e. The van der Waals surface area contributed by atoms with E-state index in [-0.39, 0.29) is 13.2 Å². The molecule has 0 aliphatic rings. The number of hydrogen-bond donors (Lipinski definition) is 2. The Hall–Kier alpha value is -3.48. The standard InChI is InChI=1S/C23H26N2O5/c1-23(2,3)30-22(27)24-12-13-29-19-11-10-16(15-8-6-5-7-9-15)20-17(19)14-18(25-20)21(26)28-4/h5-11,14,25H,12-13H2,1-4H3,(H,24,27). The number of nitrogens with one attached hydrogen (secondary N) is 2. The van der Waals surface area contributed by atoms with Crippen molar-refractivity contribution in [2.75, 3.05) is 20.3 Å². The monoisotopic (exact) mass is 410 g/mol. The van der Waals surface area contributed by atoms with Crippen LogP contribution in [0.5, 0.6) is 5.75 Å². The summed E-state index contributed by atoms with van der Waals surface area (Å²) in [6, 6.07) is 15.4. The zero-order valence-corrected chi connectivity index (χ0v) is 17.6. The zero-order chi connectivity index (χ0) is 21.7. The molecule has 1 aromatic heterocycles. The first-order valence-corrected chi connectivity index (χ1v) is 9.67. The van der Waals surface area contributed by atoms with Crippen LogP contribution in [0.2, 0.25) is 0 Å². The van der Waals surface area contributed by atoms with E-state index in [9.17, 15) is 9.59 Å². The number of amides is 1. The van der Waals surface area contributed by atoms with Crippen molar-refractivity contribution >= 4 is 23.0 Å². The third kappa shape index (κ3) is 5.11. The van der Waals surface area contributed by atoms with E-state index in [1.54, 1.807) is 26.8 Å². The Morgan fingerprint density at radius 2 is 1.80 bits per heavy atom. The molecule has 2 N–H and O–H groups in total. The molecule has 0 fully saturated rings. The van der Waals surface area contributed by atoms with Gasteiger partial charge in [0, 0.05) is 10.9 Å². The Morgan fingerprint density at radius 1 is 1.07 bits per heavy atom. The summed E-state index contributed by atoms with van der Waals surface area (Å²) in [4.78, 5) is 26.9. The highest BCUT2D eigenvalue weighted by atomic mass is 16.6. The number of aromatic amines is 1. The number of benzene rings is 2. The van der Waals surface area contributed by atoms with Crippen LogP contribution in [0.1, 0.15) is 31.3 Å². The van der Waals surface area contributed by atoms with E-state index >= 15 is 0 Å². The molecule has 0 aliphatic heterocycles. The Labute approximate surface area is 175 Å². The highest BCUT2D eigenvalue weighted by Gasteiger charge is 2.17. The molecule has 3 aromatic rings. The van der Waals surface area contributed by atoms with Crippen LogP contribution in [0.4, 0.5) is 4.79 Å². The zero-order valence-electron chi connectivity index (χ0n) is 17.6. The van der Waals surface area contributed by atoms with Crippen molar-refractivity contribution < 1.29 is 23.8 Å². The Morgan fingerprint density at radius 3 is 2.47 bits per heavy atom. The number of esters is 1. The molecule has 0 saturated heterocycles. The topological polar surface area (TPSA) is 89.7 Å². The van der Waals surface area contributed by atoms with Crippen molar-refractivity contribution in [2.45, 2.75) is 26.4 Å². The summed E-state index contributed by atoms with van der Waals surface area (Å²) in [5.41, 5.74) is 2.52. The molecule has 3 rings (SSSR count). The second kappa shape index (κ2) is 8.90. The van der Waals surface area contributed by atoms with E-state index < -0.39 is 17.7 Å². The van der Waals surface area contributed by atoms with Crippen LogP contribution in [0.25, 0.3) is 22.0 Å². The molecule has 0 aliphatic carbocycles. The van der Waals surface area contributed by atoms with Crippen LogP contribution in [-0.2, 0) is 9.47 Å². The van der Waals surface area contributed by atoms with E-state index in [2.05, 4.69) is 10.3 Å². The van der Waals surface area contributed by atoms with E-state index in [0.717, 1.165) is 22.0 Å². The Balaban J connectivity index is 1.81. The van der Waals surface area contributed by atoms with E-state index in [1.807, 2.05) is 42.5 Å². The smallest absolute Gasteiger partial charge is 0.407 e. The normalized spacial score (nSPS) is 11.2. The SMILES string of the molecule is COC(=O)c1cc2c(OCCNC(=O)OC(C)(C)C)ccc(-c3ccccc3)c2[nH]1. The minimum absolute atomic E-state index is 0.248. The summed E-state index contributed by atoms with van der Waals surface area (Å²) in [6.45, 7) is 5.94. The van der Waals surface area contributed by atoms with Gasteiger partial charge in [-0.25, -0.2) is 9.59 Å². The van der Waals surface area contributed by atoms with Crippen molar-refractivity contribution in [1.29, 1.82) is 0 Å². The molecule has 7 heteroatoms. The molecule has 0 atom stereocenters. The molecule has 158 valence electrons. The first-order chi connectivity index (χ1) is 14.3. The van der Waals surface area contributed by atoms with Gasteiger partial charge in [0.15, 0.2) is 0 Å². The molecule has 7 nitrogen and oxygen atoms in total. The fourth-order valence-electron chi connectivity index (χ4n) is 3.03. The number of ether oxygens (including phenoxy) is 3. The first-order valence-electron chi connectivity index (χ1n) is 9.67. The number of methoxy groups -OCH3 is 1. The van der Waals surface area contributed by atoms with E-state index in [1.165, 1.54) is 7.11 Å². The number of carbonyl (C=O) groups is 2. The maximum Gasteiger partial charge on any atom is 0.407 e. The van der Waals surface area contributed by atoms with Gasteiger partial charge in [-0.15, -0.1) is 0 Å². The van der Waals surface area contributed by atoms with Crippen LogP contribution in [0, 0.1) is 0 Å². The van der Waals surface area contributed by atoms with Crippen molar-refractivity contribution in [2.24, 2.45) is 0 Å². The van der Waals surface area contributed by atoms with Gasteiger partial charge in [-0.05, 0) is 44.5 Å². The van der Waals surface area contributed by atoms with Crippen LogP contribution in [0.15, 0.2) is 48.5 Å². The van der Waals surface area contributed by atoms with E-state index in [4.69, 9.17) is 14.2 Å². The molecule has 2 aromatic carbocycles. The predicted molar refractivity (Wildman–Crippen MR) is 115 cm³/mol. The summed E-state index contributed by atoms with van der Waals surface area (Å²) in [7, 11) is 1.34. The predicted octanol–water partition coefficient (Wildman–Crippen LogP) is 4.53. The average molecular weight is 410 g/mol. The third-order valence-corrected chi connectivity index (χ3v) is 4.27. The summed E-state index contributed by atoms with van der Waals surface area (Å²) in [5, 5.41) is 3.42. The van der Waals surface area contributed by atoms with Gasteiger partial charge in [0.25, 0.3) is 0 Å². The molecule has 0 unspecified atom stereocenters. The summed E-state index contributed by atoms with van der Waals surface area (Å²) < 4.78 is 15.9. The molecular formula is C23H26N2O5. The maximum atomic E-state index is 12.0. The number of hydrogen-bond acceptors (Lipinski definition) is 5. The summed E-state index contributed by atoms with van der Waals surface area (Å²) in [5.74, 6) is 0.143. The van der Waals surface area contributed by atoms with Crippen LogP contribution in [0.3, 0.4) is 0 Å². The number of alkyl carbamates (subject to hydrolysis) is 1. The van der Waals surface area contributed by atoms with Crippen molar-refractivity contribution in [3.63, 3.8) is 0 Å². The van der Waals surface area contributed by atoms with Gasteiger partial charge >= 0.3 is 12.1 Å². The number of rotatable bonds is 6. The first kappa shape index (κ1) is 21.2. The van der Waals surface area contributed by atoms with Gasteiger partial charge < -0.3 is 24.5 Å². The highest BCUT2D eigenvalue weighted by molar-refractivity contribution is 6.03. The quantitative estimate of drug-likeness (QED) is 0.460. The highest BCUT2D eigenvalue weighted by Crippen LogP contribution is 2.35. The van der Waals surface area contributed by atoms with Gasteiger partial charge in [0.1, 0.15) is 23.7 Å². The Bertz CT molecular complexity index is 1030. The van der Waals surface area contributed by atoms with Crippen LogP contribution < -0.4 is 10.1 Å². The number of carbonyl (C=O) groups excluding carboxylic acids is 2. The molecule has 1 heterocycles. The van der Waals surface area contributed by atoms with Crippen molar-refractivity contribution in [1.82, 2.24) is 10.3 Å². The van der Waals surface area contributed by atoms with Crippen LogP contribution >= 0.6 is 0 Å². The lowest BCUT2D eigenvalue weighted by Crippen LogP contribution is -2.34. The maximum absolute atomic E-state index is 12.0. The number of aromatic nitrogens is 1. The fourth-order valence-corrected chi connectivity index (χ4v) is 3.03. The lowest BCUT2D eigenvalue weighted by atomic mass is 10.0.